The number of likely N-dealkylation sites (N-methyl/N-ethyl adjacent to an activating group) is 1. The van der Waals surface area contributed by atoms with E-state index in [4.69, 9.17) is 4.74 Å². The van der Waals surface area contributed by atoms with Gasteiger partial charge in [-0.2, -0.15) is 0 Å². The Morgan fingerprint density at radius 3 is 2.29 bits per heavy atom. The van der Waals surface area contributed by atoms with Gasteiger partial charge in [0, 0.05) is 19.2 Å². The molecule has 1 heterocycles. The highest BCUT2D eigenvalue weighted by Gasteiger charge is 2.31. The number of nitro benzene ring substituents is 1. The normalized spacial score (nSPS) is 15.4. The van der Waals surface area contributed by atoms with Crippen LogP contribution in [0.5, 0.6) is 5.75 Å². The van der Waals surface area contributed by atoms with Gasteiger partial charge in [-0.25, -0.2) is 0 Å². The summed E-state index contributed by atoms with van der Waals surface area (Å²) in [4.78, 5) is 35.4. The Balaban J connectivity index is 1.76. The van der Waals surface area contributed by atoms with Gasteiger partial charge in [0.05, 0.1) is 17.0 Å². The number of thioether (sulfide) groups is 1. The maximum atomic E-state index is 12.0. The third-order valence-electron chi connectivity index (χ3n) is 3.84. The molecule has 0 bridgehead atoms. The third kappa shape index (κ3) is 4.66. The molecule has 0 aromatic heterocycles. The molecule has 0 aliphatic carbocycles. The zero-order chi connectivity index (χ0) is 20.4. The molecule has 1 saturated heterocycles. The number of hydrogen-bond donors (Lipinski definition) is 0. The predicted octanol–water partition coefficient (Wildman–Crippen LogP) is 5.05. The number of nitrogens with zero attached hydrogens (tertiary/aromatic N) is 2. The van der Waals surface area contributed by atoms with Crippen molar-refractivity contribution in [3.8, 4) is 5.75 Å². The van der Waals surface area contributed by atoms with Gasteiger partial charge < -0.3 is 4.74 Å². The number of carbonyl (C=O) groups excluding carboxylic acids is 2. The predicted molar refractivity (Wildman–Crippen MR) is 123 cm³/mol. The van der Waals surface area contributed by atoms with Crippen molar-refractivity contribution >= 4 is 79.9 Å². The molecule has 0 unspecified atom stereocenters. The molecule has 2 aromatic rings. The first-order valence-corrected chi connectivity index (χ1v) is 10.8. The number of halogens is 2. The summed E-state index contributed by atoms with van der Waals surface area (Å²) >= 11 is 5.22. The van der Waals surface area contributed by atoms with E-state index >= 15 is 0 Å². The van der Waals surface area contributed by atoms with E-state index in [1.54, 1.807) is 18.2 Å². The minimum atomic E-state index is -0.442. The van der Waals surface area contributed by atoms with Gasteiger partial charge in [-0.3, -0.25) is 24.6 Å². The highest BCUT2D eigenvalue weighted by atomic mass is 127. The zero-order valence-corrected chi connectivity index (χ0v) is 19.5. The standard InChI is InChI=1S/C18H12I2N2O5S/c1-21-17(23)15(28-18(21)24)8-11-6-13(19)16(14(20)7-11)27-9-10-2-4-12(5-3-10)22(25)26/h2-8H,9H2,1H3/b15-8-. The number of hydrogen-bond acceptors (Lipinski definition) is 6. The molecule has 0 atom stereocenters. The molecule has 1 fully saturated rings. The summed E-state index contributed by atoms with van der Waals surface area (Å²) in [6, 6.07) is 9.95. The fraction of sp³-hybridized carbons (Fsp3) is 0.111. The summed E-state index contributed by atoms with van der Waals surface area (Å²) in [5.74, 6) is 0.388. The van der Waals surface area contributed by atoms with Gasteiger partial charge in [0.15, 0.2) is 0 Å². The van der Waals surface area contributed by atoms with Crippen molar-refractivity contribution in [3.05, 3.63) is 69.7 Å². The van der Waals surface area contributed by atoms with Crippen LogP contribution < -0.4 is 4.74 Å². The largest absolute Gasteiger partial charge is 0.487 e. The average Bonchev–Trinajstić information content (AvgIpc) is 2.88. The molecule has 0 radical (unpaired) electrons. The Morgan fingerprint density at radius 1 is 1.18 bits per heavy atom. The van der Waals surface area contributed by atoms with Gasteiger partial charge in [0.2, 0.25) is 0 Å². The van der Waals surface area contributed by atoms with Gasteiger partial charge in [-0.15, -0.1) is 0 Å². The lowest BCUT2D eigenvalue weighted by molar-refractivity contribution is -0.384. The van der Waals surface area contributed by atoms with Crippen LogP contribution in [-0.2, 0) is 11.4 Å². The average molecular weight is 622 g/mol. The van der Waals surface area contributed by atoms with Crippen LogP contribution in [0, 0.1) is 17.3 Å². The van der Waals surface area contributed by atoms with Crippen LogP contribution in [-0.4, -0.2) is 28.0 Å². The lowest BCUT2D eigenvalue weighted by Crippen LogP contribution is -2.22. The van der Waals surface area contributed by atoms with E-state index in [0.717, 1.165) is 34.9 Å². The molecular weight excluding hydrogens is 610 g/mol. The summed E-state index contributed by atoms with van der Waals surface area (Å²) in [7, 11) is 1.46. The number of non-ortho nitro benzene ring substituents is 1. The van der Waals surface area contributed by atoms with Gasteiger partial charge >= 0.3 is 0 Å². The van der Waals surface area contributed by atoms with Gasteiger partial charge in [-0.05, 0) is 98.4 Å². The molecule has 10 heteroatoms. The Hall–Kier alpha value is -1.67. The van der Waals surface area contributed by atoms with E-state index in [9.17, 15) is 19.7 Å². The number of imide groups is 1. The van der Waals surface area contributed by atoms with Gasteiger partial charge in [-0.1, -0.05) is 0 Å². The molecule has 1 aliphatic rings. The number of ether oxygens (including phenoxy) is 1. The number of nitro groups is 1. The molecule has 2 aromatic carbocycles. The SMILES string of the molecule is CN1C(=O)S/C(=C\c2cc(I)c(OCc3ccc([N+](=O)[O-])cc3)c(I)c2)C1=O. The van der Waals surface area contributed by atoms with E-state index < -0.39 is 4.92 Å². The Labute approximate surface area is 191 Å². The van der Waals surface area contributed by atoms with E-state index in [-0.39, 0.29) is 23.4 Å². The molecule has 144 valence electrons. The van der Waals surface area contributed by atoms with Crippen molar-refractivity contribution < 1.29 is 19.2 Å². The van der Waals surface area contributed by atoms with Crippen molar-refractivity contribution in [1.29, 1.82) is 0 Å². The van der Waals surface area contributed by atoms with Crippen LogP contribution in [0.4, 0.5) is 10.5 Å². The van der Waals surface area contributed by atoms with Gasteiger partial charge in [0.25, 0.3) is 16.8 Å². The van der Waals surface area contributed by atoms with E-state index in [0.29, 0.717) is 10.7 Å². The van der Waals surface area contributed by atoms with E-state index in [2.05, 4.69) is 45.2 Å². The molecule has 0 N–H and O–H groups in total. The molecule has 28 heavy (non-hydrogen) atoms. The van der Waals surface area contributed by atoms with E-state index in [1.165, 1.54) is 19.2 Å². The highest BCUT2D eigenvalue weighted by molar-refractivity contribution is 14.1. The van der Waals surface area contributed by atoms with E-state index in [1.807, 2.05) is 12.1 Å². The first-order valence-electron chi connectivity index (χ1n) is 7.83. The molecule has 1 aliphatic heterocycles. The summed E-state index contributed by atoms with van der Waals surface area (Å²) in [6.07, 6.45) is 1.69. The number of rotatable bonds is 5. The maximum absolute atomic E-state index is 12.0. The second-order valence-electron chi connectivity index (χ2n) is 5.77. The monoisotopic (exact) mass is 622 g/mol. The molecule has 0 spiro atoms. The van der Waals surface area contributed by atoms with Crippen LogP contribution in [0.3, 0.4) is 0 Å². The Bertz CT molecular complexity index is 985. The van der Waals surface area contributed by atoms with Crippen molar-refractivity contribution in [1.82, 2.24) is 4.90 Å². The molecule has 3 rings (SSSR count). The van der Waals surface area contributed by atoms with Crippen LogP contribution in [0.15, 0.2) is 41.3 Å². The van der Waals surface area contributed by atoms with Crippen molar-refractivity contribution in [3.63, 3.8) is 0 Å². The lowest BCUT2D eigenvalue weighted by atomic mass is 10.2. The number of carbonyl (C=O) groups is 2. The van der Waals surface area contributed by atoms with Crippen LogP contribution in [0.2, 0.25) is 0 Å². The van der Waals surface area contributed by atoms with Crippen molar-refractivity contribution in [2.45, 2.75) is 6.61 Å². The Kier molecular flexibility index (Phi) is 6.60. The summed E-state index contributed by atoms with van der Waals surface area (Å²) in [5, 5.41) is 10.4. The molecular formula is C18H12I2N2O5S. The fourth-order valence-corrected chi connectivity index (χ4v) is 5.32. The second-order valence-corrected chi connectivity index (χ2v) is 9.08. The van der Waals surface area contributed by atoms with Crippen LogP contribution in [0.25, 0.3) is 6.08 Å². The van der Waals surface area contributed by atoms with Gasteiger partial charge in [0.1, 0.15) is 12.4 Å². The summed E-state index contributed by atoms with van der Waals surface area (Å²) in [5.41, 5.74) is 1.65. The minimum absolute atomic E-state index is 0.0359. The first kappa shape index (κ1) is 21.0. The lowest BCUT2D eigenvalue weighted by Gasteiger charge is -2.12. The first-order chi connectivity index (χ1) is 13.3. The van der Waals surface area contributed by atoms with Crippen molar-refractivity contribution in [2.24, 2.45) is 0 Å². The van der Waals surface area contributed by atoms with Crippen LogP contribution in [0.1, 0.15) is 11.1 Å². The van der Waals surface area contributed by atoms with Crippen LogP contribution >= 0.6 is 56.9 Å². The summed E-state index contributed by atoms with van der Waals surface area (Å²) < 4.78 is 7.60. The third-order valence-corrected chi connectivity index (χ3v) is 6.40. The number of benzene rings is 2. The Morgan fingerprint density at radius 2 is 1.79 bits per heavy atom. The smallest absolute Gasteiger partial charge is 0.293 e. The molecule has 7 nitrogen and oxygen atoms in total. The second kappa shape index (κ2) is 8.78. The highest BCUT2D eigenvalue weighted by Crippen LogP contribution is 2.34. The summed E-state index contributed by atoms with van der Waals surface area (Å²) in [6.45, 7) is 0.276. The number of amides is 2. The maximum Gasteiger partial charge on any atom is 0.293 e. The minimum Gasteiger partial charge on any atom is -0.487 e. The molecule has 2 amide bonds. The molecule has 0 saturated carbocycles. The zero-order valence-electron chi connectivity index (χ0n) is 14.3. The fourth-order valence-electron chi connectivity index (χ4n) is 2.37. The van der Waals surface area contributed by atoms with Crippen molar-refractivity contribution in [2.75, 3.05) is 7.05 Å². The quantitative estimate of drug-likeness (QED) is 0.201. The topological polar surface area (TPSA) is 89.8 Å².